The number of imidazole rings is 1. The molecule has 1 N–H and O–H groups in total. The number of benzene rings is 1. The first-order chi connectivity index (χ1) is 12.2. The van der Waals surface area contributed by atoms with Gasteiger partial charge in [-0.15, -0.1) is 5.10 Å². The number of anilines is 1. The van der Waals surface area contributed by atoms with E-state index in [1.165, 1.54) is 11.9 Å². The highest BCUT2D eigenvalue weighted by Crippen LogP contribution is 2.18. The Balaban J connectivity index is 1.42. The van der Waals surface area contributed by atoms with E-state index in [-0.39, 0.29) is 0 Å². The first-order valence-electron chi connectivity index (χ1n) is 8.90. The van der Waals surface area contributed by atoms with Gasteiger partial charge in [-0.25, -0.2) is 4.98 Å². The molecule has 130 valence electrons. The van der Waals surface area contributed by atoms with Crippen molar-refractivity contribution in [3.63, 3.8) is 0 Å². The zero-order valence-corrected chi connectivity index (χ0v) is 14.8. The van der Waals surface area contributed by atoms with Gasteiger partial charge >= 0.3 is 0 Å². The third-order valence-corrected chi connectivity index (χ3v) is 4.96. The van der Waals surface area contributed by atoms with Crippen LogP contribution in [0.25, 0.3) is 11.0 Å². The van der Waals surface area contributed by atoms with Gasteiger partial charge in [-0.05, 0) is 44.0 Å². The normalized spacial score (nSPS) is 18.0. The molecule has 1 aromatic carbocycles. The molecule has 0 radical (unpaired) electrons. The van der Waals surface area contributed by atoms with Gasteiger partial charge < -0.3 is 14.8 Å². The summed E-state index contributed by atoms with van der Waals surface area (Å²) in [4.78, 5) is 7.07. The van der Waals surface area contributed by atoms with E-state index < -0.39 is 0 Å². The molecule has 0 saturated carbocycles. The van der Waals surface area contributed by atoms with Gasteiger partial charge in [0.05, 0.1) is 23.3 Å². The molecule has 1 aliphatic heterocycles. The summed E-state index contributed by atoms with van der Waals surface area (Å²) in [7, 11) is 2.08. The van der Waals surface area contributed by atoms with Crippen LogP contribution in [0.2, 0.25) is 0 Å². The Labute approximate surface area is 147 Å². The lowest BCUT2D eigenvalue weighted by atomic mass is 10.1. The fourth-order valence-electron chi connectivity index (χ4n) is 3.50. The Morgan fingerprint density at radius 2 is 2.04 bits per heavy atom. The van der Waals surface area contributed by atoms with E-state index in [1.807, 2.05) is 19.1 Å². The maximum absolute atomic E-state index is 4.75. The minimum atomic E-state index is 0.441. The molecule has 3 heterocycles. The van der Waals surface area contributed by atoms with Crippen LogP contribution in [0.1, 0.15) is 24.4 Å². The predicted molar refractivity (Wildman–Crippen MR) is 99.6 cm³/mol. The van der Waals surface area contributed by atoms with Gasteiger partial charge in [0, 0.05) is 26.2 Å². The smallest absolute Gasteiger partial charge is 0.151 e. The van der Waals surface area contributed by atoms with Crippen molar-refractivity contribution in [1.82, 2.24) is 25.1 Å². The number of rotatable bonds is 4. The number of hydrogen-bond acceptors (Lipinski definition) is 5. The van der Waals surface area contributed by atoms with Crippen molar-refractivity contribution in [3.05, 3.63) is 47.9 Å². The summed E-state index contributed by atoms with van der Waals surface area (Å²) < 4.78 is 2.17. The SMILES string of the molecule is Cc1ccc(N2CCC[C@@H](NCc3nc4ccccc4n3C)C2)nn1. The Morgan fingerprint density at radius 1 is 1.16 bits per heavy atom. The van der Waals surface area contributed by atoms with Crippen molar-refractivity contribution in [3.8, 4) is 0 Å². The third kappa shape index (κ3) is 3.35. The summed E-state index contributed by atoms with van der Waals surface area (Å²) in [5.74, 6) is 2.05. The number of nitrogens with zero attached hydrogens (tertiary/aromatic N) is 5. The molecule has 3 aromatic rings. The lowest BCUT2D eigenvalue weighted by Crippen LogP contribution is -2.46. The van der Waals surface area contributed by atoms with Crippen molar-refractivity contribution in [2.24, 2.45) is 7.05 Å². The quantitative estimate of drug-likeness (QED) is 0.793. The van der Waals surface area contributed by atoms with Crippen LogP contribution in [-0.4, -0.2) is 38.9 Å². The van der Waals surface area contributed by atoms with Crippen LogP contribution < -0.4 is 10.2 Å². The van der Waals surface area contributed by atoms with Crippen molar-refractivity contribution in [2.45, 2.75) is 32.4 Å². The lowest BCUT2D eigenvalue weighted by Gasteiger charge is -2.33. The van der Waals surface area contributed by atoms with E-state index in [0.717, 1.165) is 48.9 Å². The van der Waals surface area contributed by atoms with Crippen molar-refractivity contribution in [2.75, 3.05) is 18.0 Å². The third-order valence-electron chi connectivity index (χ3n) is 4.96. The van der Waals surface area contributed by atoms with Crippen LogP contribution in [-0.2, 0) is 13.6 Å². The molecule has 0 aliphatic carbocycles. The molecule has 0 spiro atoms. The van der Waals surface area contributed by atoms with E-state index in [4.69, 9.17) is 4.98 Å². The maximum atomic E-state index is 4.75. The fraction of sp³-hybridized carbons (Fsp3) is 0.421. The average molecular weight is 336 g/mol. The van der Waals surface area contributed by atoms with E-state index >= 15 is 0 Å². The molecule has 2 aromatic heterocycles. The summed E-state index contributed by atoms with van der Waals surface area (Å²) in [5.41, 5.74) is 3.19. The zero-order chi connectivity index (χ0) is 17.2. The Morgan fingerprint density at radius 3 is 2.84 bits per heavy atom. The molecule has 1 saturated heterocycles. The van der Waals surface area contributed by atoms with Crippen LogP contribution >= 0.6 is 0 Å². The van der Waals surface area contributed by atoms with Gasteiger partial charge in [0.2, 0.25) is 0 Å². The van der Waals surface area contributed by atoms with Crippen molar-refractivity contribution >= 4 is 16.9 Å². The van der Waals surface area contributed by atoms with Crippen LogP contribution in [0.4, 0.5) is 5.82 Å². The van der Waals surface area contributed by atoms with E-state index in [2.05, 4.69) is 56.3 Å². The van der Waals surface area contributed by atoms with Crippen LogP contribution in [0.15, 0.2) is 36.4 Å². The first-order valence-corrected chi connectivity index (χ1v) is 8.90. The van der Waals surface area contributed by atoms with Crippen LogP contribution in [0.5, 0.6) is 0 Å². The monoisotopic (exact) mass is 336 g/mol. The van der Waals surface area contributed by atoms with Gasteiger partial charge in [0.1, 0.15) is 5.82 Å². The summed E-state index contributed by atoms with van der Waals surface area (Å²) in [5, 5.41) is 12.2. The summed E-state index contributed by atoms with van der Waals surface area (Å²) in [6.45, 7) is 4.75. The minimum absolute atomic E-state index is 0.441. The Hall–Kier alpha value is -2.47. The number of nitrogens with one attached hydrogen (secondary N) is 1. The molecule has 1 atom stereocenters. The summed E-state index contributed by atoms with van der Waals surface area (Å²) in [6, 6.07) is 12.8. The highest BCUT2D eigenvalue weighted by atomic mass is 15.3. The Kier molecular flexibility index (Phi) is 4.36. The highest BCUT2D eigenvalue weighted by Gasteiger charge is 2.21. The van der Waals surface area contributed by atoms with Gasteiger partial charge in [-0.1, -0.05) is 12.1 Å². The first kappa shape index (κ1) is 16.0. The van der Waals surface area contributed by atoms with Gasteiger partial charge in [0.15, 0.2) is 5.82 Å². The molecule has 25 heavy (non-hydrogen) atoms. The highest BCUT2D eigenvalue weighted by molar-refractivity contribution is 5.75. The number of hydrogen-bond donors (Lipinski definition) is 1. The van der Waals surface area contributed by atoms with Gasteiger partial charge in [-0.3, -0.25) is 0 Å². The second-order valence-corrected chi connectivity index (χ2v) is 6.77. The topological polar surface area (TPSA) is 58.9 Å². The molecule has 6 nitrogen and oxygen atoms in total. The van der Waals surface area contributed by atoms with E-state index in [1.54, 1.807) is 0 Å². The number of fused-ring (bicyclic) bond motifs is 1. The second kappa shape index (κ2) is 6.80. The molecule has 4 rings (SSSR count). The molecule has 0 bridgehead atoms. The maximum Gasteiger partial charge on any atom is 0.151 e. The predicted octanol–water partition coefficient (Wildman–Crippen LogP) is 2.43. The molecular weight excluding hydrogens is 312 g/mol. The standard InChI is InChI=1S/C19H24N6/c1-14-9-10-18(23-22-14)25-11-5-6-15(13-25)20-12-19-21-16-7-3-4-8-17(16)24(19)2/h3-4,7-10,15,20H,5-6,11-13H2,1-2H3/t15-/m1/s1. The average Bonchev–Trinajstić information content (AvgIpc) is 2.97. The summed E-state index contributed by atoms with van der Waals surface area (Å²) >= 11 is 0. The van der Waals surface area contributed by atoms with Gasteiger partial charge in [-0.2, -0.15) is 5.10 Å². The second-order valence-electron chi connectivity index (χ2n) is 6.77. The fourth-order valence-corrected chi connectivity index (χ4v) is 3.50. The lowest BCUT2D eigenvalue weighted by molar-refractivity contribution is 0.413. The Bertz CT molecular complexity index is 854. The molecule has 0 amide bonds. The number of aryl methyl sites for hydroxylation is 2. The van der Waals surface area contributed by atoms with E-state index in [9.17, 15) is 0 Å². The van der Waals surface area contributed by atoms with Gasteiger partial charge in [0.25, 0.3) is 0 Å². The van der Waals surface area contributed by atoms with Crippen LogP contribution in [0.3, 0.4) is 0 Å². The molecule has 1 aliphatic rings. The molecule has 6 heteroatoms. The zero-order valence-electron chi connectivity index (χ0n) is 14.8. The minimum Gasteiger partial charge on any atom is -0.354 e. The number of aromatic nitrogens is 4. The van der Waals surface area contributed by atoms with E-state index in [0.29, 0.717) is 6.04 Å². The van der Waals surface area contributed by atoms with Crippen molar-refractivity contribution in [1.29, 1.82) is 0 Å². The molecular formula is C19H24N6. The van der Waals surface area contributed by atoms with Crippen molar-refractivity contribution < 1.29 is 0 Å². The van der Waals surface area contributed by atoms with Crippen LogP contribution in [0, 0.1) is 6.92 Å². The molecule has 1 fully saturated rings. The largest absolute Gasteiger partial charge is 0.354 e. The number of para-hydroxylation sites is 2. The summed E-state index contributed by atoms with van der Waals surface area (Å²) in [6.07, 6.45) is 2.34. The molecule has 0 unspecified atom stereocenters. The number of piperidine rings is 1.